The molecule has 3 aromatic rings. The first-order valence-electron chi connectivity index (χ1n) is 7.54. The maximum absolute atomic E-state index is 13.5. The minimum absolute atomic E-state index is 0.0427. The largest absolute Gasteiger partial charge is 0.493 e. The number of carboxylic acid groups (broad SMARTS) is 1. The summed E-state index contributed by atoms with van der Waals surface area (Å²) in [6.07, 6.45) is 0.219. The lowest BCUT2D eigenvalue weighted by atomic mass is 9.97. The van der Waals surface area contributed by atoms with E-state index in [1.807, 2.05) is 0 Å². The highest BCUT2D eigenvalue weighted by molar-refractivity contribution is 6.30. The quantitative estimate of drug-likeness (QED) is 0.698. The number of hydrogen-bond donors (Lipinski definition) is 1. The van der Waals surface area contributed by atoms with Gasteiger partial charge >= 0.3 is 5.97 Å². The molecule has 0 saturated carbocycles. The molecule has 0 saturated heterocycles. The molecule has 0 bridgehead atoms. The van der Waals surface area contributed by atoms with Gasteiger partial charge in [-0.25, -0.2) is 9.78 Å². The van der Waals surface area contributed by atoms with E-state index in [4.69, 9.17) is 25.9 Å². The average molecular weight is 364 g/mol. The van der Waals surface area contributed by atoms with Crippen LogP contribution in [0.3, 0.4) is 0 Å². The monoisotopic (exact) mass is 363 g/mol. The number of aromatic nitrogens is 1. The Morgan fingerprint density at radius 3 is 2.84 bits per heavy atom. The second-order valence-electron chi connectivity index (χ2n) is 5.55. The van der Waals surface area contributed by atoms with Crippen LogP contribution in [0.25, 0.3) is 11.1 Å². The molecule has 25 heavy (non-hydrogen) atoms. The zero-order valence-corrected chi connectivity index (χ0v) is 14.1. The van der Waals surface area contributed by atoms with Crippen molar-refractivity contribution >= 4 is 28.7 Å². The van der Waals surface area contributed by atoms with E-state index in [1.54, 1.807) is 24.3 Å². The van der Waals surface area contributed by atoms with Crippen LogP contribution >= 0.6 is 11.6 Å². The zero-order chi connectivity index (χ0) is 18.0. The first-order chi connectivity index (χ1) is 12.0. The Morgan fingerprint density at radius 2 is 2.20 bits per heavy atom. The molecule has 1 N–H and O–H groups in total. The van der Waals surface area contributed by atoms with E-state index in [0.717, 1.165) is 5.56 Å². The van der Waals surface area contributed by atoms with Gasteiger partial charge in [-0.1, -0.05) is 23.7 Å². The third-order valence-electron chi connectivity index (χ3n) is 3.89. The second-order valence-corrected chi connectivity index (χ2v) is 5.99. The van der Waals surface area contributed by atoms with Crippen LogP contribution in [0, 0.1) is 0 Å². The summed E-state index contributed by atoms with van der Waals surface area (Å²) in [4.78, 5) is 15.5. The fourth-order valence-corrected chi connectivity index (χ4v) is 2.84. The first kappa shape index (κ1) is 17.2. The van der Waals surface area contributed by atoms with Crippen LogP contribution in [0.15, 0.2) is 40.8 Å². The van der Waals surface area contributed by atoms with Gasteiger partial charge in [0.25, 0.3) is 0 Å². The summed E-state index contributed by atoms with van der Waals surface area (Å²) in [5.41, 5.74) is 1.48. The number of nitrogens with zero attached hydrogens (tertiary/aromatic N) is 1. The highest BCUT2D eigenvalue weighted by Gasteiger charge is 2.19. The third-order valence-corrected chi connectivity index (χ3v) is 4.13. The van der Waals surface area contributed by atoms with Gasteiger partial charge in [0.05, 0.1) is 19.3 Å². The van der Waals surface area contributed by atoms with Gasteiger partial charge in [-0.2, -0.15) is 0 Å². The topological polar surface area (TPSA) is 72.6 Å². The molecule has 3 rings (SSSR count). The molecular formula is C18H15ClFNO4. The molecule has 1 aromatic heterocycles. The number of hydrogen-bond acceptors (Lipinski definition) is 4. The Hall–Kier alpha value is -2.60. The van der Waals surface area contributed by atoms with Crippen molar-refractivity contribution in [2.24, 2.45) is 0 Å². The minimum Gasteiger partial charge on any atom is -0.493 e. The first-order valence-corrected chi connectivity index (χ1v) is 7.91. The number of aromatic carboxylic acids is 1. The normalized spacial score (nSPS) is 12.3. The van der Waals surface area contributed by atoms with Gasteiger partial charge in [-0.3, -0.25) is 4.39 Å². The molecule has 7 heteroatoms. The summed E-state index contributed by atoms with van der Waals surface area (Å²) in [6.45, 7) is -0.601. The fourth-order valence-electron chi connectivity index (χ4n) is 2.64. The second kappa shape index (κ2) is 7.11. The Bertz CT molecular complexity index is 925. The summed E-state index contributed by atoms with van der Waals surface area (Å²) in [5, 5.41) is 9.68. The summed E-state index contributed by atoms with van der Waals surface area (Å²) in [7, 11) is 1.42. The van der Waals surface area contributed by atoms with Crippen molar-refractivity contribution in [2.45, 2.75) is 12.3 Å². The number of ether oxygens (including phenoxy) is 1. The van der Waals surface area contributed by atoms with Crippen molar-refractivity contribution in [1.82, 2.24) is 4.98 Å². The Balaban J connectivity index is 1.97. The Kier molecular flexibility index (Phi) is 4.90. The van der Waals surface area contributed by atoms with E-state index in [-0.39, 0.29) is 17.7 Å². The summed E-state index contributed by atoms with van der Waals surface area (Å²) >= 11 is 5.97. The molecule has 0 radical (unpaired) electrons. The van der Waals surface area contributed by atoms with Crippen LogP contribution in [-0.4, -0.2) is 29.8 Å². The Labute approximate surface area is 148 Å². The van der Waals surface area contributed by atoms with Crippen LogP contribution in [0.4, 0.5) is 4.39 Å². The number of halogens is 2. The van der Waals surface area contributed by atoms with Gasteiger partial charge in [-0.15, -0.1) is 0 Å². The maximum Gasteiger partial charge on any atom is 0.335 e. The number of alkyl halides is 1. The van der Waals surface area contributed by atoms with Gasteiger partial charge in [-0.05, 0) is 29.8 Å². The van der Waals surface area contributed by atoms with Gasteiger partial charge in [0, 0.05) is 17.4 Å². The number of rotatable bonds is 6. The predicted octanol–water partition coefficient (Wildman–Crippen LogP) is 4.48. The molecule has 1 heterocycles. The molecule has 2 aromatic carbocycles. The van der Waals surface area contributed by atoms with Crippen LogP contribution < -0.4 is 4.74 Å². The molecule has 0 aliphatic rings. The lowest BCUT2D eigenvalue weighted by Gasteiger charge is -2.11. The van der Waals surface area contributed by atoms with Crippen molar-refractivity contribution < 1.29 is 23.4 Å². The molecule has 130 valence electrons. The van der Waals surface area contributed by atoms with Crippen LogP contribution in [0.5, 0.6) is 5.75 Å². The molecule has 0 amide bonds. The minimum atomic E-state index is -1.09. The molecular weight excluding hydrogens is 349 g/mol. The van der Waals surface area contributed by atoms with Gasteiger partial charge < -0.3 is 14.3 Å². The molecule has 5 nitrogen and oxygen atoms in total. The zero-order valence-electron chi connectivity index (χ0n) is 13.3. The highest BCUT2D eigenvalue weighted by Crippen LogP contribution is 2.31. The van der Waals surface area contributed by atoms with E-state index in [0.29, 0.717) is 22.0 Å². The van der Waals surface area contributed by atoms with Crippen molar-refractivity contribution in [3.63, 3.8) is 0 Å². The van der Waals surface area contributed by atoms with Crippen molar-refractivity contribution in [2.75, 3.05) is 13.8 Å². The standard InChI is InChI=1S/C18H15ClFNO4/c1-24-15-7-11(18(22)23)6-14-17(15)25-16(21-14)8-12(9-20)10-3-2-4-13(19)5-10/h2-7,12H,8-9H2,1H3,(H,22,23). The lowest BCUT2D eigenvalue weighted by Crippen LogP contribution is -2.05. The molecule has 0 aliphatic heterocycles. The summed E-state index contributed by atoms with van der Waals surface area (Å²) < 4.78 is 24.4. The van der Waals surface area contributed by atoms with E-state index in [2.05, 4.69) is 4.98 Å². The number of oxazole rings is 1. The molecule has 1 unspecified atom stereocenters. The predicted molar refractivity (Wildman–Crippen MR) is 91.4 cm³/mol. The molecule has 0 fully saturated rings. The number of fused-ring (bicyclic) bond motifs is 1. The van der Waals surface area contributed by atoms with E-state index in [9.17, 15) is 9.18 Å². The lowest BCUT2D eigenvalue weighted by molar-refractivity contribution is 0.0696. The van der Waals surface area contributed by atoms with Crippen molar-refractivity contribution in [3.05, 3.63) is 58.4 Å². The number of carbonyl (C=O) groups is 1. The van der Waals surface area contributed by atoms with E-state index < -0.39 is 18.6 Å². The van der Waals surface area contributed by atoms with Gasteiger partial charge in [0.2, 0.25) is 0 Å². The van der Waals surface area contributed by atoms with Gasteiger partial charge in [0.1, 0.15) is 5.52 Å². The van der Waals surface area contributed by atoms with Crippen LogP contribution in [0.2, 0.25) is 5.02 Å². The van der Waals surface area contributed by atoms with E-state index >= 15 is 0 Å². The van der Waals surface area contributed by atoms with Crippen molar-refractivity contribution in [1.29, 1.82) is 0 Å². The number of methoxy groups -OCH3 is 1. The summed E-state index contributed by atoms with van der Waals surface area (Å²) in [5.74, 6) is -0.978. The Morgan fingerprint density at radius 1 is 1.40 bits per heavy atom. The third kappa shape index (κ3) is 3.58. The van der Waals surface area contributed by atoms with Crippen LogP contribution in [0.1, 0.15) is 27.7 Å². The molecule has 1 atom stereocenters. The SMILES string of the molecule is COc1cc(C(=O)O)cc2nc(CC(CF)c3cccc(Cl)c3)oc12. The van der Waals surface area contributed by atoms with Crippen molar-refractivity contribution in [3.8, 4) is 5.75 Å². The molecule has 0 aliphatic carbocycles. The van der Waals surface area contributed by atoms with E-state index in [1.165, 1.54) is 19.2 Å². The smallest absolute Gasteiger partial charge is 0.335 e. The maximum atomic E-state index is 13.5. The average Bonchev–Trinajstić information content (AvgIpc) is 3.01. The van der Waals surface area contributed by atoms with Gasteiger partial charge in [0.15, 0.2) is 17.2 Å². The summed E-state index contributed by atoms with van der Waals surface area (Å²) in [6, 6.07) is 9.74. The number of benzene rings is 2. The molecule has 0 spiro atoms. The highest BCUT2D eigenvalue weighted by atomic mass is 35.5. The number of carboxylic acids is 1. The fraction of sp³-hybridized carbons (Fsp3) is 0.222. The van der Waals surface area contributed by atoms with Crippen LogP contribution in [-0.2, 0) is 6.42 Å².